The molecule has 1 aromatic heterocycles. The molecule has 2 rings (SSSR count). The van der Waals surface area contributed by atoms with Gasteiger partial charge in [-0.25, -0.2) is 4.98 Å². The number of nitrogens with two attached hydrogens (primary N) is 1. The second-order valence-electron chi connectivity index (χ2n) is 4.98. The molecule has 0 spiro atoms. The Morgan fingerprint density at radius 2 is 2.16 bits per heavy atom. The third-order valence-electron chi connectivity index (χ3n) is 3.69. The van der Waals surface area contributed by atoms with Crippen molar-refractivity contribution in [3.05, 3.63) is 23.4 Å². The van der Waals surface area contributed by atoms with Gasteiger partial charge >= 0.3 is 5.97 Å². The largest absolute Gasteiger partial charge is 0.481 e. The second kappa shape index (κ2) is 4.87. The number of aliphatic carboxylic acids is 1. The highest BCUT2D eigenvalue weighted by Crippen LogP contribution is 2.31. The number of nitrogens with zero attached hydrogens (tertiary/aromatic N) is 2. The Labute approximate surface area is 111 Å². The summed E-state index contributed by atoms with van der Waals surface area (Å²) in [6.07, 6.45) is 1.63. The number of primary amides is 1. The van der Waals surface area contributed by atoms with Gasteiger partial charge in [0.05, 0.1) is 11.5 Å². The molecule has 0 radical (unpaired) electrons. The predicted octanol–water partition coefficient (Wildman–Crippen LogP) is 0.646. The number of anilines is 1. The SMILES string of the molecule is Cc1ccnc(N2CC(C(C)C(=O)O)C2)c1C(N)=O. The second-order valence-corrected chi connectivity index (χ2v) is 4.98. The van der Waals surface area contributed by atoms with Crippen molar-refractivity contribution in [1.82, 2.24) is 4.98 Å². The lowest BCUT2D eigenvalue weighted by Gasteiger charge is -2.42. The number of amides is 1. The van der Waals surface area contributed by atoms with E-state index in [4.69, 9.17) is 10.8 Å². The van der Waals surface area contributed by atoms with Gasteiger partial charge in [-0.3, -0.25) is 9.59 Å². The van der Waals surface area contributed by atoms with Crippen molar-refractivity contribution in [2.75, 3.05) is 18.0 Å². The number of carboxylic acids is 1. The molecule has 1 fully saturated rings. The Bertz CT molecular complexity index is 524. The van der Waals surface area contributed by atoms with E-state index in [0.717, 1.165) is 5.56 Å². The Morgan fingerprint density at radius 3 is 2.68 bits per heavy atom. The van der Waals surface area contributed by atoms with Gasteiger partial charge in [0.15, 0.2) is 0 Å². The molecule has 2 heterocycles. The van der Waals surface area contributed by atoms with Crippen molar-refractivity contribution >= 4 is 17.7 Å². The van der Waals surface area contributed by atoms with Crippen molar-refractivity contribution < 1.29 is 14.7 Å². The number of carbonyl (C=O) groups is 2. The highest BCUT2D eigenvalue weighted by atomic mass is 16.4. The van der Waals surface area contributed by atoms with Crippen LogP contribution in [-0.2, 0) is 4.79 Å². The normalized spacial score (nSPS) is 16.8. The smallest absolute Gasteiger partial charge is 0.306 e. The van der Waals surface area contributed by atoms with Crippen LogP contribution in [0.3, 0.4) is 0 Å². The van der Waals surface area contributed by atoms with Crippen LogP contribution in [0.1, 0.15) is 22.8 Å². The van der Waals surface area contributed by atoms with Gasteiger partial charge in [0, 0.05) is 25.2 Å². The molecule has 3 N–H and O–H groups in total. The number of carbonyl (C=O) groups excluding carboxylic acids is 1. The quantitative estimate of drug-likeness (QED) is 0.831. The number of aromatic nitrogens is 1. The van der Waals surface area contributed by atoms with Crippen molar-refractivity contribution in [3.8, 4) is 0 Å². The number of aryl methyl sites for hydroxylation is 1. The summed E-state index contributed by atoms with van der Waals surface area (Å²) in [6, 6.07) is 1.74. The number of hydrogen-bond acceptors (Lipinski definition) is 4. The molecule has 0 saturated carbocycles. The Kier molecular flexibility index (Phi) is 3.42. The van der Waals surface area contributed by atoms with Crippen LogP contribution in [0.4, 0.5) is 5.82 Å². The van der Waals surface area contributed by atoms with E-state index < -0.39 is 17.8 Å². The first-order valence-electron chi connectivity index (χ1n) is 6.15. The molecule has 0 aromatic carbocycles. The highest BCUT2D eigenvalue weighted by molar-refractivity contribution is 5.99. The van der Waals surface area contributed by atoms with E-state index in [0.29, 0.717) is 24.5 Å². The highest BCUT2D eigenvalue weighted by Gasteiger charge is 2.36. The first-order chi connectivity index (χ1) is 8.91. The van der Waals surface area contributed by atoms with Gasteiger partial charge in [-0.05, 0) is 18.6 Å². The summed E-state index contributed by atoms with van der Waals surface area (Å²) < 4.78 is 0. The van der Waals surface area contributed by atoms with Crippen LogP contribution >= 0.6 is 0 Å². The molecule has 1 saturated heterocycles. The first kappa shape index (κ1) is 13.3. The summed E-state index contributed by atoms with van der Waals surface area (Å²) in [5, 5.41) is 8.95. The molecular formula is C13H17N3O3. The summed E-state index contributed by atoms with van der Waals surface area (Å²) in [6.45, 7) is 4.68. The topological polar surface area (TPSA) is 96.5 Å². The molecule has 1 aliphatic rings. The lowest BCUT2D eigenvalue weighted by Crippen LogP contribution is -2.52. The van der Waals surface area contributed by atoms with E-state index in [1.165, 1.54) is 0 Å². The number of hydrogen-bond donors (Lipinski definition) is 2. The fraction of sp³-hybridized carbons (Fsp3) is 0.462. The van der Waals surface area contributed by atoms with Crippen LogP contribution in [0.25, 0.3) is 0 Å². The molecule has 1 amide bonds. The third-order valence-corrected chi connectivity index (χ3v) is 3.69. The molecule has 6 heteroatoms. The third kappa shape index (κ3) is 2.38. The molecule has 1 aliphatic heterocycles. The number of pyridine rings is 1. The van der Waals surface area contributed by atoms with Crippen molar-refractivity contribution in [2.45, 2.75) is 13.8 Å². The molecule has 0 bridgehead atoms. The van der Waals surface area contributed by atoms with E-state index >= 15 is 0 Å². The van der Waals surface area contributed by atoms with Gasteiger partial charge in [-0.15, -0.1) is 0 Å². The van der Waals surface area contributed by atoms with Crippen LogP contribution < -0.4 is 10.6 Å². The van der Waals surface area contributed by atoms with Gasteiger partial charge in [0.2, 0.25) is 0 Å². The standard InChI is InChI=1S/C13H17N3O3/c1-7-3-4-15-12(10(7)11(14)17)16-5-9(6-16)8(2)13(18)19/h3-4,8-9H,5-6H2,1-2H3,(H2,14,17)(H,18,19). The average molecular weight is 263 g/mol. The Hall–Kier alpha value is -2.11. The van der Waals surface area contributed by atoms with Crippen LogP contribution in [0.2, 0.25) is 0 Å². The lowest BCUT2D eigenvalue weighted by molar-refractivity contribution is -0.143. The Balaban J connectivity index is 2.16. The molecular weight excluding hydrogens is 246 g/mol. The first-order valence-corrected chi connectivity index (χ1v) is 6.15. The number of carboxylic acid groups (broad SMARTS) is 1. The number of rotatable bonds is 4. The van der Waals surface area contributed by atoms with E-state index in [1.54, 1.807) is 19.2 Å². The van der Waals surface area contributed by atoms with Crippen LogP contribution in [0.15, 0.2) is 12.3 Å². The fourth-order valence-corrected chi connectivity index (χ4v) is 2.29. The maximum Gasteiger partial charge on any atom is 0.306 e. The molecule has 1 atom stereocenters. The zero-order valence-electron chi connectivity index (χ0n) is 11.0. The molecule has 1 aromatic rings. The maximum atomic E-state index is 11.5. The predicted molar refractivity (Wildman–Crippen MR) is 70.0 cm³/mol. The molecule has 19 heavy (non-hydrogen) atoms. The van der Waals surface area contributed by atoms with Crippen molar-refractivity contribution in [2.24, 2.45) is 17.6 Å². The average Bonchev–Trinajstić information content (AvgIpc) is 2.26. The Morgan fingerprint density at radius 1 is 1.53 bits per heavy atom. The molecule has 102 valence electrons. The van der Waals surface area contributed by atoms with Crippen LogP contribution in [-0.4, -0.2) is 35.1 Å². The minimum Gasteiger partial charge on any atom is -0.481 e. The van der Waals surface area contributed by atoms with E-state index in [1.807, 2.05) is 11.8 Å². The van der Waals surface area contributed by atoms with Gasteiger partial charge in [0.1, 0.15) is 5.82 Å². The van der Waals surface area contributed by atoms with Crippen LogP contribution in [0.5, 0.6) is 0 Å². The van der Waals surface area contributed by atoms with Crippen molar-refractivity contribution in [3.63, 3.8) is 0 Å². The monoisotopic (exact) mass is 263 g/mol. The minimum atomic E-state index is -0.794. The minimum absolute atomic E-state index is 0.0838. The zero-order valence-corrected chi connectivity index (χ0v) is 11.0. The molecule has 6 nitrogen and oxygen atoms in total. The summed E-state index contributed by atoms with van der Waals surface area (Å²) in [4.78, 5) is 28.5. The van der Waals surface area contributed by atoms with E-state index in [2.05, 4.69) is 4.98 Å². The molecule has 0 aliphatic carbocycles. The van der Waals surface area contributed by atoms with Gasteiger partial charge in [-0.1, -0.05) is 6.92 Å². The van der Waals surface area contributed by atoms with E-state index in [-0.39, 0.29) is 5.92 Å². The van der Waals surface area contributed by atoms with Crippen molar-refractivity contribution in [1.29, 1.82) is 0 Å². The van der Waals surface area contributed by atoms with Gasteiger partial charge in [0.25, 0.3) is 5.91 Å². The maximum absolute atomic E-state index is 11.5. The van der Waals surface area contributed by atoms with Gasteiger partial charge in [-0.2, -0.15) is 0 Å². The summed E-state index contributed by atoms with van der Waals surface area (Å²) in [5.74, 6) is -1.05. The zero-order chi connectivity index (χ0) is 14.2. The summed E-state index contributed by atoms with van der Waals surface area (Å²) in [5.41, 5.74) is 6.58. The summed E-state index contributed by atoms with van der Waals surface area (Å²) in [7, 11) is 0. The van der Waals surface area contributed by atoms with Gasteiger partial charge < -0.3 is 15.7 Å². The van der Waals surface area contributed by atoms with E-state index in [9.17, 15) is 9.59 Å². The lowest BCUT2D eigenvalue weighted by atomic mass is 9.86. The van der Waals surface area contributed by atoms with Crippen LogP contribution in [0, 0.1) is 18.8 Å². The summed E-state index contributed by atoms with van der Waals surface area (Å²) >= 11 is 0. The molecule has 1 unspecified atom stereocenters. The fourth-order valence-electron chi connectivity index (χ4n) is 2.29.